The Morgan fingerprint density at radius 2 is 1.69 bits per heavy atom. The van der Waals surface area contributed by atoms with Crippen LogP contribution in [0.25, 0.3) is 0 Å². The lowest BCUT2D eigenvalue weighted by Crippen LogP contribution is -2.12. The van der Waals surface area contributed by atoms with Gasteiger partial charge in [0.25, 0.3) is 0 Å². The topological polar surface area (TPSA) is 120 Å². The van der Waals surface area contributed by atoms with Crippen molar-refractivity contribution in [3.63, 3.8) is 0 Å². The summed E-state index contributed by atoms with van der Waals surface area (Å²) in [4.78, 5) is 36.2. The lowest BCUT2D eigenvalue weighted by atomic mass is 10.1. The summed E-state index contributed by atoms with van der Waals surface area (Å²) in [5, 5.41) is 3.03. The minimum Gasteiger partial charge on any atom is -0.457 e. The monoisotopic (exact) mass is 391 g/mol. The van der Waals surface area contributed by atoms with E-state index in [4.69, 9.17) is 10.5 Å². The minimum atomic E-state index is -0.513. The highest BCUT2D eigenvalue weighted by Gasteiger charge is 2.12. The fourth-order valence-corrected chi connectivity index (χ4v) is 2.53. The smallest absolute Gasteiger partial charge is 0.306 e. The first-order chi connectivity index (χ1) is 14.0. The summed E-state index contributed by atoms with van der Waals surface area (Å²) >= 11 is 0. The molecule has 29 heavy (non-hydrogen) atoms. The zero-order valence-corrected chi connectivity index (χ0v) is 16.0. The van der Waals surface area contributed by atoms with Gasteiger partial charge in [0, 0.05) is 17.7 Å². The van der Waals surface area contributed by atoms with E-state index in [-0.39, 0.29) is 43.0 Å². The van der Waals surface area contributed by atoms with Crippen molar-refractivity contribution < 1.29 is 14.3 Å². The third-order valence-corrected chi connectivity index (χ3v) is 4.02. The molecule has 0 aliphatic rings. The van der Waals surface area contributed by atoms with Gasteiger partial charge in [0.15, 0.2) is 18.2 Å². The maximum absolute atomic E-state index is 12.0. The number of hydrogen-bond donors (Lipinski definition) is 2. The van der Waals surface area contributed by atoms with Crippen molar-refractivity contribution in [1.82, 2.24) is 15.0 Å². The van der Waals surface area contributed by atoms with E-state index in [1.807, 2.05) is 37.3 Å². The summed E-state index contributed by atoms with van der Waals surface area (Å²) in [6, 6.07) is 16.5. The zero-order chi connectivity index (χ0) is 20.6. The quantitative estimate of drug-likeness (QED) is 0.444. The molecule has 8 heteroatoms. The highest BCUT2D eigenvalue weighted by atomic mass is 16.5. The Kier molecular flexibility index (Phi) is 6.47. The Morgan fingerprint density at radius 1 is 0.966 bits per heavy atom. The maximum Gasteiger partial charge on any atom is 0.306 e. The van der Waals surface area contributed by atoms with E-state index in [0.29, 0.717) is 5.56 Å². The number of carbonyl (C=O) groups is 2. The van der Waals surface area contributed by atoms with Gasteiger partial charge in [0.2, 0.25) is 11.9 Å². The van der Waals surface area contributed by atoms with Gasteiger partial charge in [-0.05, 0) is 19.1 Å². The van der Waals surface area contributed by atoms with E-state index < -0.39 is 5.97 Å². The van der Waals surface area contributed by atoms with Crippen molar-refractivity contribution in [2.45, 2.75) is 26.4 Å². The van der Waals surface area contributed by atoms with Crippen LogP contribution in [0.5, 0.6) is 0 Å². The SMILES string of the molecule is Cc1ccc(Nc2nc(N)nc(COC(=O)CCC(=O)c3ccccc3)n2)cc1. The average molecular weight is 391 g/mol. The first-order valence-electron chi connectivity index (χ1n) is 9.07. The van der Waals surface area contributed by atoms with E-state index >= 15 is 0 Å². The second-order valence-electron chi connectivity index (χ2n) is 6.37. The van der Waals surface area contributed by atoms with E-state index in [2.05, 4.69) is 20.3 Å². The van der Waals surface area contributed by atoms with Gasteiger partial charge in [0.05, 0.1) is 6.42 Å². The van der Waals surface area contributed by atoms with Gasteiger partial charge >= 0.3 is 5.97 Å². The minimum absolute atomic E-state index is 0.0138. The van der Waals surface area contributed by atoms with Crippen molar-refractivity contribution in [2.24, 2.45) is 0 Å². The number of aryl methyl sites for hydroxylation is 1. The number of anilines is 3. The highest BCUT2D eigenvalue weighted by molar-refractivity contribution is 5.97. The van der Waals surface area contributed by atoms with Gasteiger partial charge in [0.1, 0.15) is 0 Å². The Labute approximate surface area is 168 Å². The predicted octanol–water partition coefficient (Wildman–Crippen LogP) is 3.21. The summed E-state index contributed by atoms with van der Waals surface area (Å²) in [6.45, 7) is 1.83. The number of aromatic nitrogens is 3. The molecule has 0 unspecified atom stereocenters. The van der Waals surface area contributed by atoms with Gasteiger partial charge in [-0.3, -0.25) is 9.59 Å². The summed E-state index contributed by atoms with van der Waals surface area (Å²) in [5.74, 6) is -0.140. The van der Waals surface area contributed by atoms with Crippen LogP contribution in [0, 0.1) is 6.92 Å². The van der Waals surface area contributed by atoms with Crippen LogP contribution >= 0.6 is 0 Å². The summed E-state index contributed by atoms with van der Waals surface area (Å²) in [6.07, 6.45) is 0.0468. The second kappa shape index (κ2) is 9.41. The van der Waals surface area contributed by atoms with Gasteiger partial charge in [-0.25, -0.2) is 0 Å². The van der Waals surface area contributed by atoms with Crippen LogP contribution in [0.15, 0.2) is 54.6 Å². The Hall–Kier alpha value is -3.81. The van der Waals surface area contributed by atoms with Crippen molar-refractivity contribution in [3.05, 3.63) is 71.5 Å². The van der Waals surface area contributed by atoms with Gasteiger partial charge in [-0.2, -0.15) is 15.0 Å². The molecule has 0 aliphatic carbocycles. The van der Waals surface area contributed by atoms with E-state index in [1.165, 1.54) is 0 Å². The fourth-order valence-electron chi connectivity index (χ4n) is 2.53. The molecule has 1 aromatic heterocycles. The Morgan fingerprint density at radius 3 is 2.41 bits per heavy atom. The first kappa shape index (κ1) is 19.9. The van der Waals surface area contributed by atoms with Crippen LogP contribution in [0.2, 0.25) is 0 Å². The number of nitrogens with one attached hydrogen (secondary N) is 1. The second-order valence-corrected chi connectivity index (χ2v) is 6.37. The molecule has 0 radical (unpaired) electrons. The molecular weight excluding hydrogens is 370 g/mol. The molecule has 148 valence electrons. The molecule has 0 bridgehead atoms. The molecule has 0 fully saturated rings. The molecule has 0 spiro atoms. The molecule has 0 saturated heterocycles. The van der Waals surface area contributed by atoms with Crippen molar-refractivity contribution in [2.75, 3.05) is 11.1 Å². The molecule has 2 aromatic carbocycles. The van der Waals surface area contributed by atoms with Crippen LogP contribution in [0.1, 0.15) is 34.6 Å². The van der Waals surface area contributed by atoms with Crippen molar-refractivity contribution in [1.29, 1.82) is 0 Å². The molecule has 0 atom stereocenters. The maximum atomic E-state index is 12.0. The lowest BCUT2D eigenvalue weighted by molar-refractivity contribution is -0.145. The number of nitrogen functional groups attached to an aromatic ring is 1. The number of Topliss-reactive ketones (excluding diaryl/α,β-unsaturated/α-hetero) is 1. The lowest BCUT2D eigenvalue weighted by Gasteiger charge is -2.08. The number of benzene rings is 2. The Bertz CT molecular complexity index is 991. The number of rotatable bonds is 8. The number of esters is 1. The predicted molar refractivity (Wildman–Crippen MR) is 109 cm³/mol. The fraction of sp³-hybridized carbons (Fsp3) is 0.190. The van der Waals surface area contributed by atoms with Gasteiger partial charge < -0.3 is 15.8 Å². The number of ketones is 1. The van der Waals surface area contributed by atoms with Crippen LogP contribution in [0.4, 0.5) is 17.6 Å². The van der Waals surface area contributed by atoms with E-state index in [0.717, 1.165) is 11.3 Å². The molecule has 0 aliphatic heterocycles. The molecule has 3 aromatic rings. The van der Waals surface area contributed by atoms with Gasteiger partial charge in [-0.15, -0.1) is 0 Å². The number of carbonyl (C=O) groups excluding carboxylic acids is 2. The standard InChI is InChI=1S/C21H21N5O3/c1-14-7-9-16(10-8-14)23-21-25-18(24-20(22)26-21)13-29-19(28)12-11-17(27)15-5-3-2-4-6-15/h2-10H,11-13H2,1H3,(H3,22,23,24,25,26). The molecule has 1 heterocycles. The number of hydrogen-bond acceptors (Lipinski definition) is 8. The van der Waals surface area contributed by atoms with Crippen molar-refractivity contribution >= 4 is 29.3 Å². The summed E-state index contributed by atoms with van der Waals surface area (Å²) < 4.78 is 5.16. The van der Waals surface area contributed by atoms with Gasteiger partial charge in [-0.1, -0.05) is 48.0 Å². The summed E-state index contributed by atoms with van der Waals surface area (Å²) in [5.41, 5.74) is 8.21. The number of ether oxygens (including phenoxy) is 1. The molecular formula is C21H21N5O3. The van der Waals surface area contributed by atoms with Crippen molar-refractivity contribution in [3.8, 4) is 0 Å². The largest absolute Gasteiger partial charge is 0.457 e. The molecule has 3 N–H and O–H groups in total. The Balaban J connectivity index is 1.53. The van der Waals surface area contributed by atoms with Crippen LogP contribution < -0.4 is 11.1 Å². The number of nitrogens with zero attached hydrogens (tertiary/aromatic N) is 3. The van der Waals surface area contributed by atoms with E-state index in [1.54, 1.807) is 24.3 Å². The summed E-state index contributed by atoms with van der Waals surface area (Å²) in [7, 11) is 0. The third-order valence-electron chi connectivity index (χ3n) is 4.02. The molecule has 0 amide bonds. The average Bonchev–Trinajstić information content (AvgIpc) is 2.72. The highest BCUT2D eigenvalue weighted by Crippen LogP contribution is 2.14. The number of nitrogens with two attached hydrogens (primary N) is 1. The molecule has 8 nitrogen and oxygen atoms in total. The van der Waals surface area contributed by atoms with E-state index in [9.17, 15) is 9.59 Å². The molecule has 0 saturated carbocycles. The third kappa shape index (κ3) is 6.10. The van der Waals surface area contributed by atoms with Crippen LogP contribution in [0.3, 0.4) is 0 Å². The van der Waals surface area contributed by atoms with Crippen LogP contribution in [-0.4, -0.2) is 26.7 Å². The first-order valence-corrected chi connectivity index (χ1v) is 9.07. The zero-order valence-electron chi connectivity index (χ0n) is 16.0. The van der Waals surface area contributed by atoms with Crippen LogP contribution in [-0.2, 0) is 16.1 Å². The normalized spacial score (nSPS) is 10.4. The molecule has 3 rings (SSSR count).